The normalized spacial score (nSPS) is 20.0. The first-order valence-corrected chi connectivity index (χ1v) is 14.1. The van der Waals surface area contributed by atoms with Crippen molar-refractivity contribution in [3.05, 3.63) is 71.2 Å². The van der Waals surface area contributed by atoms with Gasteiger partial charge in [0, 0.05) is 15.7 Å². The van der Waals surface area contributed by atoms with Gasteiger partial charge in [-0.15, -0.1) is 0 Å². The van der Waals surface area contributed by atoms with Gasteiger partial charge in [0.1, 0.15) is 35.8 Å². The number of thiocarbonyl (C=S) groups is 1. The van der Waals surface area contributed by atoms with Crippen LogP contribution in [0.15, 0.2) is 66.2 Å². The number of benzene rings is 2. The lowest BCUT2D eigenvalue weighted by atomic mass is 9.79. The van der Waals surface area contributed by atoms with Crippen molar-refractivity contribution in [2.45, 2.75) is 70.7 Å². The monoisotopic (exact) mass is 570 g/mol. The molecule has 2 fully saturated rings. The van der Waals surface area contributed by atoms with Crippen LogP contribution in [-0.2, 0) is 0 Å². The van der Waals surface area contributed by atoms with Crippen LogP contribution in [0.25, 0.3) is 0 Å². The summed E-state index contributed by atoms with van der Waals surface area (Å²) < 4.78 is 8.27. The third-order valence-corrected chi connectivity index (χ3v) is 8.01. The standard InChI is InChI=1S/C28H32Cl2N6OS/c1-27(2,3)23(24(35-18-31-17-32-35)37-22-12-10-19(29)11-13-22)33-25-28(14-5-4-6-15-28)36(26(38)34-25)21-9-7-8-20(30)16-21/h7-13,16-18,23-24H,4-6,14-15H2,1-3H3,(H,33,34,38)/t23-,24+/m1/s1. The molecule has 1 aliphatic heterocycles. The van der Waals surface area contributed by atoms with Gasteiger partial charge in [-0.3, -0.25) is 4.99 Å². The van der Waals surface area contributed by atoms with Crippen LogP contribution >= 0.6 is 35.4 Å². The maximum Gasteiger partial charge on any atom is 0.215 e. The van der Waals surface area contributed by atoms with Gasteiger partial charge in [-0.25, -0.2) is 9.67 Å². The Morgan fingerprint density at radius 1 is 1.05 bits per heavy atom. The maximum absolute atomic E-state index is 6.55. The number of ether oxygens (including phenoxy) is 1. The van der Waals surface area contributed by atoms with Gasteiger partial charge in [-0.2, -0.15) is 5.10 Å². The molecule has 0 radical (unpaired) electrons. The Kier molecular flexibility index (Phi) is 7.67. The van der Waals surface area contributed by atoms with Crippen molar-refractivity contribution < 1.29 is 4.74 Å². The number of halogens is 2. The molecule has 1 saturated carbocycles. The highest BCUT2D eigenvalue weighted by atomic mass is 35.5. The predicted octanol–water partition coefficient (Wildman–Crippen LogP) is 7.07. The first kappa shape index (κ1) is 26.9. The lowest BCUT2D eigenvalue weighted by Crippen LogP contribution is -2.52. The van der Waals surface area contributed by atoms with Crippen molar-refractivity contribution in [2.75, 3.05) is 4.90 Å². The lowest BCUT2D eigenvalue weighted by molar-refractivity contribution is 0.0469. The molecule has 1 saturated heterocycles. The third-order valence-electron chi connectivity index (χ3n) is 7.24. The molecule has 3 aromatic rings. The molecular formula is C28H32Cl2N6OS. The van der Waals surface area contributed by atoms with E-state index in [2.05, 4.69) is 47.1 Å². The van der Waals surface area contributed by atoms with Crippen molar-refractivity contribution >= 4 is 52.1 Å². The first-order chi connectivity index (χ1) is 18.2. The molecule has 1 aromatic heterocycles. The molecule has 2 aliphatic rings. The van der Waals surface area contributed by atoms with Gasteiger partial charge < -0.3 is 15.0 Å². The van der Waals surface area contributed by atoms with Crippen LogP contribution in [0.2, 0.25) is 10.0 Å². The number of aromatic nitrogens is 3. The number of hydrogen-bond donors (Lipinski definition) is 1. The first-order valence-electron chi connectivity index (χ1n) is 12.9. The summed E-state index contributed by atoms with van der Waals surface area (Å²) in [6.07, 6.45) is 7.88. The minimum atomic E-state index is -0.553. The summed E-state index contributed by atoms with van der Waals surface area (Å²) in [5.74, 6) is 1.54. The van der Waals surface area contributed by atoms with Crippen LogP contribution < -0.4 is 15.0 Å². The molecule has 1 aliphatic carbocycles. The zero-order chi connectivity index (χ0) is 26.9. The van der Waals surface area contributed by atoms with Gasteiger partial charge in [0.15, 0.2) is 5.11 Å². The van der Waals surface area contributed by atoms with Crippen molar-refractivity contribution in [1.29, 1.82) is 0 Å². The lowest BCUT2D eigenvalue weighted by Gasteiger charge is -2.42. The largest absolute Gasteiger partial charge is 0.466 e. The average Bonchev–Trinajstić information content (AvgIpc) is 3.49. The molecule has 200 valence electrons. The molecule has 0 bridgehead atoms. The van der Waals surface area contributed by atoms with E-state index in [4.69, 9.17) is 45.1 Å². The number of nitrogens with one attached hydrogen (secondary N) is 1. The van der Waals surface area contributed by atoms with E-state index >= 15 is 0 Å². The molecule has 0 amide bonds. The zero-order valence-corrected chi connectivity index (χ0v) is 24.1. The smallest absolute Gasteiger partial charge is 0.215 e. The summed E-state index contributed by atoms with van der Waals surface area (Å²) in [4.78, 5) is 11.9. The van der Waals surface area contributed by atoms with Crippen LogP contribution in [0.4, 0.5) is 5.69 Å². The van der Waals surface area contributed by atoms with E-state index in [0.717, 1.165) is 37.2 Å². The molecule has 10 heteroatoms. The number of amidine groups is 1. The minimum absolute atomic E-state index is 0.293. The third kappa shape index (κ3) is 5.40. The van der Waals surface area contributed by atoms with Gasteiger partial charge in [0.05, 0.1) is 0 Å². The second-order valence-electron chi connectivity index (χ2n) is 11.0. The number of anilines is 1. The highest BCUT2D eigenvalue weighted by Crippen LogP contribution is 2.43. The van der Waals surface area contributed by atoms with Gasteiger partial charge >= 0.3 is 0 Å². The molecule has 5 rings (SSSR count). The van der Waals surface area contributed by atoms with E-state index in [0.29, 0.717) is 20.9 Å². The van der Waals surface area contributed by atoms with E-state index in [-0.39, 0.29) is 17.0 Å². The van der Waals surface area contributed by atoms with Gasteiger partial charge in [0.25, 0.3) is 0 Å². The van der Waals surface area contributed by atoms with Gasteiger partial charge in [0.2, 0.25) is 6.23 Å². The Labute approximate surface area is 239 Å². The number of hydrogen-bond acceptors (Lipinski definition) is 5. The number of nitrogens with zero attached hydrogens (tertiary/aromatic N) is 5. The van der Waals surface area contributed by atoms with Crippen LogP contribution in [0.5, 0.6) is 5.75 Å². The molecular weight excluding hydrogens is 539 g/mol. The van der Waals surface area contributed by atoms with Gasteiger partial charge in [-0.05, 0) is 72.9 Å². The summed E-state index contributed by atoms with van der Waals surface area (Å²) >= 11 is 18.5. The van der Waals surface area contributed by atoms with Crippen molar-refractivity contribution in [3.63, 3.8) is 0 Å². The fourth-order valence-electron chi connectivity index (χ4n) is 5.39. The second kappa shape index (κ2) is 10.8. The highest BCUT2D eigenvalue weighted by molar-refractivity contribution is 7.80. The molecule has 7 nitrogen and oxygen atoms in total. The van der Waals surface area contributed by atoms with Crippen molar-refractivity contribution in [1.82, 2.24) is 20.1 Å². The van der Waals surface area contributed by atoms with E-state index in [9.17, 15) is 0 Å². The molecule has 1 spiro atoms. The summed E-state index contributed by atoms with van der Waals surface area (Å²) in [5.41, 5.74) is 0.301. The Morgan fingerprint density at radius 3 is 2.42 bits per heavy atom. The fraction of sp³-hybridized carbons (Fsp3) is 0.429. The summed E-state index contributed by atoms with van der Waals surface area (Å²) in [5, 5.41) is 9.90. The maximum atomic E-state index is 6.55. The van der Waals surface area contributed by atoms with Gasteiger partial charge in [-0.1, -0.05) is 69.3 Å². The Bertz CT molecular complexity index is 1300. The van der Waals surface area contributed by atoms with Crippen LogP contribution in [0, 0.1) is 5.41 Å². The topological polar surface area (TPSA) is 67.6 Å². The Hall–Kier alpha value is -2.68. The molecule has 1 N–H and O–H groups in total. The summed E-state index contributed by atoms with van der Waals surface area (Å²) in [6.45, 7) is 6.48. The highest BCUT2D eigenvalue weighted by Gasteiger charge is 2.51. The van der Waals surface area contributed by atoms with Crippen LogP contribution in [0.3, 0.4) is 0 Å². The molecule has 2 atom stereocenters. The predicted molar refractivity (Wildman–Crippen MR) is 157 cm³/mol. The average molecular weight is 572 g/mol. The van der Waals surface area contributed by atoms with Crippen LogP contribution in [-0.4, -0.2) is 37.3 Å². The fourth-order valence-corrected chi connectivity index (χ4v) is 6.08. The van der Waals surface area contributed by atoms with Crippen molar-refractivity contribution in [2.24, 2.45) is 10.4 Å². The SMILES string of the molecule is CC(C)(C)[C@H](N=C1NC(=S)N(c2cccc(Cl)c2)C12CCCCC2)[C@H](Oc1ccc(Cl)cc1)n1cncn1. The molecule has 0 unspecified atom stereocenters. The Balaban J connectivity index is 1.60. The molecule has 38 heavy (non-hydrogen) atoms. The number of aliphatic imine (C=N–C) groups is 1. The number of rotatable bonds is 6. The second-order valence-corrected chi connectivity index (χ2v) is 12.2. The van der Waals surface area contributed by atoms with E-state index in [1.165, 1.54) is 12.7 Å². The van der Waals surface area contributed by atoms with E-state index in [1.807, 2.05) is 42.5 Å². The zero-order valence-electron chi connectivity index (χ0n) is 21.8. The quantitative estimate of drug-likeness (QED) is 0.319. The van der Waals surface area contributed by atoms with E-state index in [1.54, 1.807) is 11.0 Å². The molecule has 2 aromatic carbocycles. The summed E-state index contributed by atoms with van der Waals surface area (Å²) in [6, 6.07) is 14.9. The summed E-state index contributed by atoms with van der Waals surface area (Å²) in [7, 11) is 0. The Morgan fingerprint density at radius 2 is 1.79 bits per heavy atom. The van der Waals surface area contributed by atoms with Crippen molar-refractivity contribution in [3.8, 4) is 5.75 Å². The van der Waals surface area contributed by atoms with E-state index < -0.39 is 6.23 Å². The molecule has 2 heterocycles. The van der Waals surface area contributed by atoms with Crippen LogP contribution in [0.1, 0.15) is 59.1 Å². The minimum Gasteiger partial charge on any atom is -0.466 e.